The van der Waals surface area contributed by atoms with Crippen LogP contribution in [0.25, 0.3) is 0 Å². The Morgan fingerprint density at radius 2 is 1.88 bits per heavy atom. The summed E-state index contributed by atoms with van der Waals surface area (Å²) in [6, 6.07) is 6.05. The van der Waals surface area contributed by atoms with E-state index in [0.29, 0.717) is 19.1 Å². The van der Waals surface area contributed by atoms with E-state index in [0.717, 1.165) is 36.6 Å². The van der Waals surface area contributed by atoms with Gasteiger partial charge in [-0.15, -0.1) is 12.4 Å². The summed E-state index contributed by atoms with van der Waals surface area (Å²) in [6.45, 7) is 4.29. The molecular formula is C17H28ClN3O3. The third-order valence-electron chi connectivity index (χ3n) is 4.10. The normalized spacial score (nSPS) is 19.8. The molecule has 24 heavy (non-hydrogen) atoms. The summed E-state index contributed by atoms with van der Waals surface area (Å²) in [4.78, 5) is 12.1. The quantitative estimate of drug-likeness (QED) is 0.651. The van der Waals surface area contributed by atoms with Crippen molar-refractivity contribution in [2.45, 2.75) is 25.8 Å². The molecule has 0 radical (unpaired) electrons. The van der Waals surface area contributed by atoms with Crippen molar-refractivity contribution in [2.24, 2.45) is 5.92 Å². The lowest BCUT2D eigenvalue weighted by atomic mass is 9.92. The van der Waals surface area contributed by atoms with Crippen LogP contribution in [0.2, 0.25) is 0 Å². The number of nitrogens with one attached hydrogen (secondary N) is 3. The van der Waals surface area contributed by atoms with Gasteiger partial charge in [0.1, 0.15) is 11.5 Å². The zero-order valence-corrected chi connectivity index (χ0v) is 15.4. The minimum Gasteiger partial charge on any atom is -0.497 e. The fourth-order valence-electron chi connectivity index (χ4n) is 2.82. The first-order valence-corrected chi connectivity index (χ1v) is 8.10. The Morgan fingerprint density at radius 3 is 2.46 bits per heavy atom. The third-order valence-corrected chi connectivity index (χ3v) is 4.10. The number of benzene rings is 1. The van der Waals surface area contributed by atoms with Gasteiger partial charge in [0, 0.05) is 48.9 Å². The first-order valence-electron chi connectivity index (χ1n) is 8.10. The molecule has 136 valence electrons. The number of methoxy groups -OCH3 is 2. The molecule has 0 saturated carbocycles. The summed E-state index contributed by atoms with van der Waals surface area (Å²) >= 11 is 0. The van der Waals surface area contributed by atoms with E-state index in [4.69, 9.17) is 9.47 Å². The first kappa shape index (κ1) is 20.4. The first-order chi connectivity index (χ1) is 11.1. The number of carbonyl (C=O) groups excluding carboxylic acids is 1. The van der Waals surface area contributed by atoms with Crippen LogP contribution in [-0.4, -0.2) is 45.8 Å². The van der Waals surface area contributed by atoms with Gasteiger partial charge < -0.3 is 25.4 Å². The van der Waals surface area contributed by atoms with E-state index in [1.807, 2.05) is 18.2 Å². The summed E-state index contributed by atoms with van der Waals surface area (Å²) in [6.07, 6.45) is 1.82. The van der Waals surface area contributed by atoms with E-state index in [-0.39, 0.29) is 24.2 Å². The van der Waals surface area contributed by atoms with Gasteiger partial charge >= 0.3 is 0 Å². The molecule has 0 aromatic heterocycles. The summed E-state index contributed by atoms with van der Waals surface area (Å²) in [5.41, 5.74) is 0.908. The van der Waals surface area contributed by atoms with E-state index in [1.165, 1.54) is 0 Å². The molecule has 7 heteroatoms. The highest BCUT2D eigenvalue weighted by atomic mass is 35.5. The lowest BCUT2D eigenvalue weighted by Crippen LogP contribution is -2.43. The molecule has 1 amide bonds. The van der Waals surface area contributed by atoms with Crippen LogP contribution < -0.4 is 25.4 Å². The van der Waals surface area contributed by atoms with Crippen molar-refractivity contribution in [3.8, 4) is 11.5 Å². The van der Waals surface area contributed by atoms with Gasteiger partial charge in [-0.1, -0.05) is 0 Å². The second-order valence-electron chi connectivity index (χ2n) is 5.90. The molecule has 2 rings (SSSR count). The minimum atomic E-state index is 0. The highest BCUT2D eigenvalue weighted by Gasteiger charge is 2.24. The van der Waals surface area contributed by atoms with Crippen LogP contribution in [0.15, 0.2) is 18.2 Å². The largest absolute Gasteiger partial charge is 0.497 e. The van der Waals surface area contributed by atoms with Crippen molar-refractivity contribution in [3.05, 3.63) is 18.2 Å². The summed E-state index contributed by atoms with van der Waals surface area (Å²) in [5.74, 6) is 1.76. The van der Waals surface area contributed by atoms with Crippen molar-refractivity contribution in [2.75, 3.05) is 39.2 Å². The van der Waals surface area contributed by atoms with Crippen LogP contribution in [0.3, 0.4) is 0 Å². The number of hydrogen-bond acceptors (Lipinski definition) is 5. The second-order valence-corrected chi connectivity index (χ2v) is 5.90. The predicted molar refractivity (Wildman–Crippen MR) is 98.5 cm³/mol. The summed E-state index contributed by atoms with van der Waals surface area (Å²) in [5, 5.41) is 9.64. The molecule has 0 unspecified atom stereocenters. The Balaban J connectivity index is 0.00000288. The second kappa shape index (κ2) is 10.3. The summed E-state index contributed by atoms with van der Waals surface area (Å²) < 4.78 is 10.5. The molecule has 0 spiro atoms. The van der Waals surface area contributed by atoms with Crippen LogP contribution >= 0.6 is 12.4 Å². The zero-order valence-electron chi connectivity index (χ0n) is 14.6. The lowest BCUT2D eigenvalue weighted by molar-refractivity contribution is -0.125. The molecule has 0 aliphatic carbocycles. The van der Waals surface area contributed by atoms with Crippen LogP contribution in [0, 0.1) is 5.92 Å². The van der Waals surface area contributed by atoms with E-state index in [9.17, 15) is 4.79 Å². The van der Waals surface area contributed by atoms with Crippen molar-refractivity contribution in [1.29, 1.82) is 0 Å². The molecule has 1 aromatic carbocycles. The van der Waals surface area contributed by atoms with Crippen molar-refractivity contribution in [3.63, 3.8) is 0 Å². The molecular weight excluding hydrogens is 330 g/mol. The average molecular weight is 358 g/mol. The van der Waals surface area contributed by atoms with Gasteiger partial charge in [0.05, 0.1) is 14.2 Å². The fourth-order valence-corrected chi connectivity index (χ4v) is 2.82. The number of anilines is 1. The Kier molecular flexibility index (Phi) is 8.71. The van der Waals surface area contributed by atoms with Crippen molar-refractivity contribution >= 4 is 24.0 Å². The molecule has 6 nitrogen and oxygen atoms in total. The molecule has 1 aliphatic rings. The number of ether oxygens (including phenoxy) is 2. The van der Waals surface area contributed by atoms with Crippen LogP contribution in [0.1, 0.15) is 19.8 Å². The molecule has 1 heterocycles. The molecule has 1 fully saturated rings. The number of halogens is 1. The van der Waals surface area contributed by atoms with Gasteiger partial charge in [-0.05, 0) is 26.3 Å². The Morgan fingerprint density at radius 1 is 1.21 bits per heavy atom. The highest BCUT2D eigenvalue weighted by Crippen LogP contribution is 2.25. The predicted octanol–water partition coefficient (Wildman–Crippen LogP) is 2.04. The Hall–Kier alpha value is -1.66. The summed E-state index contributed by atoms with van der Waals surface area (Å²) in [7, 11) is 3.25. The van der Waals surface area contributed by atoms with Crippen molar-refractivity contribution in [1.82, 2.24) is 10.6 Å². The van der Waals surface area contributed by atoms with Gasteiger partial charge in [-0.2, -0.15) is 0 Å². The van der Waals surface area contributed by atoms with E-state index < -0.39 is 0 Å². The molecule has 2 atom stereocenters. The maximum atomic E-state index is 12.1. The topological polar surface area (TPSA) is 71.6 Å². The minimum absolute atomic E-state index is 0. The number of carbonyl (C=O) groups is 1. The molecule has 1 saturated heterocycles. The lowest BCUT2D eigenvalue weighted by Gasteiger charge is -2.27. The average Bonchev–Trinajstić information content (AvgIpc) is 2.58. The number of rotatable bonds is 7. The smallest absolute Gasteiger partial charge is 0.223 e. The van der Waals surface area contributed by atoms with Crippen LogP contribution in [0.4, 0.5) is 5.69 Å². The number of hydrogen-bond donors (Lipinski definition) is 3. The molecule has 3 N–H and O–H groups in total. The van der Waals surface area contributed by atoms with Gasteiger partial charge in [0.25, 0.3) is 0 Å². The van der Waals surface area contributed by atoms with Crippen LogP contribution in [0.5, 0.6) is 11.5 Å². The Labute approximate surface area is 150 Å². The third kappa shape index (κ3) is 6.09. The van der Waals surface area contributed by atoms with Crippen molar-refractivity contribution < 1.29 is 14.3 Å². The van der Waals surface area contributed by atoms with E-state index >= 15 is 0 Å². The van der Waals surface area contributed by atoms with Gasteiger partial charge in [0.15, 0.2) is 0 Å². The molecule has 0 bridgehead atoms. The van der Waals surface area contributed by atoms with Crippen LogP contribution in [-0.2, 0) is 4.79 Å². The number of piperidine rings is 1. The van der Waals surface area contributed by atoms with Gasteiger partial charge in [-0.3, -0.25) is 4.79 Å². The highest BCUT2D eigenvalue weighted by molar-refractivity contribution is 5.85. The van der Waals surface area contributed by atoms with Gasteiger partial charge in [-0.25, -0.2) is 0 Å². The standard InChI is InChI=1S/C17H27N3O3.ClH/c1-12-8-13(4-5-18-12)17(21)20-7-6-19-14-9-15(22-2)11-16(10-14)23-3;/h9-13,18-19H,4-8H2,1-3H3,(H,20,21);1H/t12-,13-;/m0./s1. The van der Waals surface area contributed by atoms with E-state index in [1.54, 1.807) is 14.2 Å². The Bertz CT molecular complexity index is 506. The SMILES string of the molecule is COc1cc(NCCNC(=O)[C@H]2CCN[C@@H](C)C2)cc(OC)c1.Cl. The monoisotopic (exact) mass is 357 g/mol. The molecule has 1 aromatic rings. The van der Waals surface area contributed by atoms with E-state index in [2.05, 4.69) is 22.9 Å². The fraction of sp³-hybridized carbons (Fsp3) is 0.588. The number of amides is 1. The molecule has 1 aliphatic heterocycles. The maximum absolute atomic E-state index is 12.1. The zero-order chi connectivity index (χ0) is 16.7. The maximum Gasteiger partial charge on any atom is 0.223 e. The van der Waals surface area contributed by atoms with Gasteiger partial charge in [0.2, 0.25) is 5.91 Å².